The van der Waals surface area contributed by atoms with Gasteiger partial charge in [0.25, 0.3) is 0 Å². The van der Waals surface area contributed by atoms with Gasteiger partial charge in [0.1, 0.15) is 0 Å². The fourth-order valence-electron chi connectivity index (χ4n) is 1.93. The molecule has 1 heterocycles. The summed E-state index contributed by atoms with van der Waals surface area (Å²) in [7, 11) is 0. The smallest absolute Gasteiger partial charge is 0.232 e. The van der Waals surface area contributed by atoms with Crippen molar-refractivity contribution in [1.29, 1.82) is 0 Å². The number of anilines is 3. The molecule has 0 aliphatic carbocycles. The van der Waals surface area contributed by atoms with Crippen molar-refractivity contribution < 1.29 is 4.79 Å². The highest BCUT2D eigenvalue weighted by atomic mass is 16.1. The predicted molar refractivity (Wildman–Crippen MR) is 79.1 cm³/mol. The Kier molecular flexibility index (Phi) is 2.96. The van der Waals surface area contributed by atoms with E-state index in [1.807, 2.05) is 18.2 Å². The maximum Gasteiger partial charge on any atom is 0.232 e. The van der Waals surface area contributed by atoms with Crippen LogP contribution in [0.3, 0.4) is 0 Å². The van der Waals surface area contributed by atoms with E-state index in [1.165, 1.54) is 5.01 Å². The summed E-state index contributed by atoms with van der Waals surface area (Å²) in [5.74, 6) is 0. The topological polar surface area (TPSA) is 87.0 Å². The summed E-state index contributed by atoms with van der Waals surface area (Å²) in [5, 5.41) is 1.39. The van der Waals surface area contributed by atoms with Crippen LogP contribution in [0.1, 0.15) is 0 Å². The van der Waals surface area contributed by atoms with Crippen LogP contribution < -0.4 is 16.2 Å². The van der Waals surface area contributed by atoms with Crippen LogP contribution in [0, 0.1) is 0 Å². The third kappa shape index (κ3) is 2.26. The highest BCUT2D eigenvalue weighted by molar-refractivity contribution is 5.83. The monoisotopic (exact) mass is 267 g/mol. The molecule has 1 aromatic heterocycles. The minimum Gasteiger partial charge on any atom is -0.399 e. The van der Waals surface area contributed by atoms with Gasteiger partial charge in [0, 0.05) is 5.69 Å². The Bertz CT molecular complexity index is 735. The molecule has 0 aliphatic heterocycles. The van der Waals surface area contributed by atoms with E-state index in [-0.39, 0.29) is 0 Å². The lowest BCUT2D eigenvalue weighted by Crippen LogP contribution is -2.27. The standard InChI is InChI=1S/C14H13N5O/c15-10-1-4-12(5-2-10)19(9-20)18-11-3-6-13-14(7-11)17-8-16-13/h1-9,18H,15H2,(H,16,17). The van der Waals surface area contributed by atoms with E-state index in [2.05, 4.69) is 15.4 Å². The number of nitrogen functional groups attached to an aromatic ring is 1. The average Bonchev–Trinajstić information content (AvgIpc) is 2.93. The zero-order valence-electron chi connectivity index (χ0n) is 10.6. The van der Waals surface area contributed by atoms with Crippen LogP contribution in [0.25, 0.3) is 11.0 Å². The first-order chi connectivity index (χ1) is 9.76. The number of aromatic amines is 1. The van der Waals surface area contributed by atoms with E-state index in [4.69, 9.17) is 5.73 Å². The number of carbonyl (C=O) groups is 1. The molecule has 0 aliphatic rings. The normalized spacial score (nSPS) is 10.4. The van der Waals surface area contributed by atoms with Crippen molar-refractivity contribution in [3.63, 3.8) is 0 Å². The van der Waals surface area contributed by atoms with Gasteiger partial charge in [-0.25, -0.2) is 9.99 Å². The third-order valence-corrected chi connectivity index (χ3v) is 2.95. The molecule has 0 fully saturated rings. The van der Waals surface area contributed by atoms with E-state index in [9.17, 15) is 4.79 Å². The molecule has 0 bridgehead atoms. The van der Waals surface area contributed by atoms with E-state index in [1.54, 1.807) is 30.6 Å². The Labute approximate surface area is 115 Å². The molecule has 0 spiro atoms. The van der Waals surface area contributed by atoms with Gasteiger partial charge in [-0.2, -0.15) is 0 Å². The summed E-state index contributed by atoms with van der Waals surface area (Å²) < 4.78 is 0. The van der Waals surface area contributed by atoms with Crippen molar-refractivity contribution in [3.8, 4) is 0 Å². The van der Waals surface area contributed by atoms with Crippen molar-refractivity contribution in [1.82, 2.24) is 9.97 Å². The number of fused-ring (bicyclic) bond motifs is 1. The van der Waals surface area contributed by atoms with Gasteiger partial charge in [0.05, 0.1) is 28.7 Å². The Balaban J connectivity index is 1.86. The van der Waals surface area contributed by atoms with Crippen molar-refractivity contribution in [3.05, 3.63) is 48.8 Å². The van der Waals surface area contributed by atoms with Crippen LogP contribution in [0.15, 0.2) is 48.8 Å². The van der Waals surface area contributed by atoms with Gasteiger partial charge in [-0.05, 0) is 42.5 Å². The van der Waals surface area contributed by atoms with Crippen LogP contribution in [0.4, 0.5) is 17.1 Å². The third-order valence-electron chi connectivity index (χ3n) is 2.95. The number of carbonyl (C=O) groups excluding carboxylic acids is 1. The highest BCUT2D eigenvalue weighted by Gasteiger charge is 2.06. The van der Waals surface area contributed by atoms with Crippen LogP contribution in [-0.2, 0) is 4.79 Å². The summed E-state index contributed by atoms with van der Waals surface area (Å²) in [4.78, 5) is 18.4. The first-order valence-corrected chi connectivity index (χ1v) is 6.06. The second-order valence-corrected chi connectivity index (χ2v) is 4.31. The Morgan fingerprint density at radius 2 is 2.00 bits per heavy atom. The summed E-state index contributed by atoms with van der Waals surface area (Å²) in [5.41, 5.74) is 12.6. The number of nitrogens with zero attached hydrogens (tertiary/aromatic N) is 2. The maximum absolute atomic E-state index is 11.2. The number of imidazole rings is 1. The minimum absolute atomic E-state index is 0.651. The molecular weight excluding hydrogens is 254 g/mol. The quantitative estimate of drug-likeness (QED) is 0.384. The van der Waals surface area contributed by atoms with Gasteiger partial charge in [0.2, 0.25) is 6.41 Å². The number of aromatic nitrogens is 2. The molecule has 6 heteroatoms. The molecule has 0 unspecified atom stereocenters. The van der Waals surface area contributed by atoms with Gasteiger partial charge in [-0.1, -0.05) is 0 Å². The van der Waals surface area contributed by atoms with Gasteiger partial charge >= 0.3 is 0 Å². The Morgan fingerprint density at radius 1 is 1.20 bits per heavy atom. The number of nitrogens with two attached hydrogens (primary N) is 1. The lowest BCUT2D eigenvalue weighted by Gasteiger charge is -2.19. The summed E-state index contributed by atoms with van der Waals surface area (Å²) in [6.45, 7) is 0. The van der Waals surface area contributed by atoms with Crippen molar-refractivity contribution >= 4 is 34.5 Å². The second kappa shape index (κ2) is 4.93. The van der Waals surface area contributed by atoms with E-state index in [0.717, 1.165) is 16.7 Å². The zero-order chi connectivity index (χ0) is 13.9. The van der Waals surface area contributed by atoms with E-state index < -0.39 is 0 Å². The van der Waals surface area contributed by atoms with Crippen molar-refractivity contribution in [2.24, 2.45) is 0 Å². The van der Waals surface area contributed by atoms with Gasteiger partial charge in [-0.15, -0.1) is 0 Å². The fourth-order valence-corrected chi connectivity index (χ4v) is 1.93. The number of rotatable bonds is 4. The molecule has 100 valence electrons. The second-order valence-electron chi connectivity index (χ2n) is 4.31. The summed E-state index contributed by atoms with van der Waals surface area (Å²) in [6.07, 6.45) is 2.34. The lowest BCUT2D eigenvalue weighted by molar-refractivity contribution is -0.107. The zero-order valence-corrected chi connectivity index (χ0v) is 10.6. The van der Waals surface area contributed by atoms with Crippen LogP contribution in [0.5, 0.6) is 0 Å². The minimum atomic E-state index is 0.651. The molecule has 1 amide bonds. The highest BCUT2D eigenvalue weighted by Crippen LogP contribution is 2.19. The Morgan fingerprint density at radius 3 is 2.75 bits per heavy atom. The molecule has 6 nitrogen and oxygen atoms in total. The first kappa shape index (κ1) is 12.0. The summed E-state index contributed by atoms with van der Waals surface area (Å²) >= 11 is 0. The molecule has 0 saturated heterocycles. The Hall–Kier alpha value is -3.02. The maximum atomic E-state index is 11.2. The number of H-pyrrole nitrogens is 1. The van der Waals surface area contributed by atoms with Crippen molar-refractivity contribution in [2.75, 3.05) is 16.2 Å². The SMILES string of the molecule is Nc1ccc(N(C=O)Nc2ccc3nc[nH]c3c2)cc1. The van der Waals surface area contributed by atoms with Crippen molar-refractivity contribution in [2.45, 2.75) is 0 Å². The molecule has 0 radical (unpaired) electrons. The van der Waals surface area contributed by atoms with Crippen LogP contribution >= 0.6 is 0 Å². The van der Waals surface area contributed by atoms with Crippen LogP contribution in [-0.4, -0.2) is 16.4 Å². The van der Waals surface area contributed by atoms with Gasteiger partial charge < -0.3 is 10.7 Å². The number of benzene rings is 2. The van der Waals surface area contributed by atoms with E-state index >= 15 is 0 Å². The number of nitrogens with one attached hydrogen (secondary N) is 2. The molecule has 4 N–H and O–H groups in total. The lowest BCUT2D eigenvalue weighted by atomic mass is 10.2. The van der Waals surface area contributed by atoms with E-state index in [0.29, 0.717) is 17.8 Å². The van der Waals surface area contributed by atoms with Crippen LogP contribution in [0.2, 0.25) is 0 Å². The fraction of sp³-hybridized carbons (Fsp3) is 0. The van der Waals surface area contributed by atoms with Gasteiger partial charge in [0.15, 0.2) is 0 Å². The predicted octanol–water partition coefficient (Wildman–Crippen LogP) is 2.13. The van der Waals surface area contributed by atoms with Gasteiger partial charge in [-0.3, -0.25) is 10.2 Å². The number of amides is 1. The molecule has 2 aromatic carbocycles. The average molecular weight is 267 g/mol. The molecule has 20 heavy (non-hydrogen) atoms. The molecule has 0 atom stereocenters. The molecule has 3 aromatic rings. The largest absolute Gasteiger partial charge is 0.399 e. The molecule has 3 rings (SSSR count). The molecule has 0 saturated carbocycles. The first-order valence-electron chi connectivity index (χ1n) is 6.06. The molecular formula is C14H13N5O. The number of hydrogen-bond acceptors (Lipinski definition) is 4. The number of hydrogen-bond donors (Lipinski definition) is 3. The summed E-state index contributed by atoms with van der Waals surface area (Å²) in [6, 6.07) is 12.6. The number of hydrazine groups is 1.